The number of aromatic nitrogens is 2. The molecule has 1 N–H and O–H groups in total. The van der Waals surface area contributed by atoms with Crippen molar-refractivity contribution < 1.29 is 18.8 Å². The number of hydrogen-bond donors (Lipinski definition) is 1. The summed E-state index contributed by atoms with van der Waals surface area (Å²) in [5, 5.41) is 7.29. The first-order chi connectivity index (χ1) is 15.2. The molecule has 2 amide bonds. The van der Waals surface area contributed by atoms with Gasteiger partial charge in [-0.25, -0.2) is 4.79 Å². The molecule has 3 aromatic rings. The van der Waals surface area contributed by atoms with E-state index in [1.807, 2.05) is 62.4 Å². The van der Waals surface area contributed by atoms with Gasteiger partial charge in [0.2, 0.25) is 12.6 Å². The van der Waals surface area contributed by atoms with E-state index < -0.39 is 0 Å². The third-order valence-corrected chi connectivity index (χ3v) is 5.46. The lowest BCUT2D eigenvalue weighted by molar-refractivity contribution is 0.174. The zero-order valence-corrected chi connectivity index (χ0v) is 17.3. The molecule has 0 saturated heterocycles. The molecule has 8 nitrogen and oxygen atoms in total. The van der Waals surface area contributed by atoms with E-state index in [2.05, 4.69) is 15.5 Å². The van der Waals surface area contributed by atoms with Crippen LogP contribution in [-0.4, -0.2) is 34.4 Å². The highest BCUT2D eigenvalue weighted by molar-refractivity contribution is 5.86. The Labute approximate surface area is 179 Å². The minimum Gasteiger partial charge on any atom is -0.454 e. The van der Waals surface area contributed by atoms with E-state index in [0.29, 0.717) is 29.8 Å². The largest absolute Gasteiger partial charge is 0.454 e. The molecule has 1 atom stereocenters. The standard InChI is InChI=1S/C23H22N4O4/c1-3-11-27-14(2)19(20(24-23(27)28)15-7-5-4-6-8-15)22-25-21(26-31-22)16-9-10-17-18(12-16)30-13-29-17/h4-10,12,20H,3,11,13H2,1-2H3,(H,24,28). The topological polar surface area (TPSA) is 89.7 Å². The van der Waals surface area contributed by atoms with Crippen LogP contribution in [0.1, 0.15) is 37.8 Å². The van der Waals surface area contributed by atoms with Crippen LogP contribution in [0.25, 0.3) is 17.0 Å². The monoisotopic (exact) mass is 418 g/mol. The molecule has 2 aromatic carbocycles. The van der Waals surface area contributed by atoms with Crippen LogP contribution in [0.3, 0.4) is 0 Å². The third kappa shape index (κ3) is 3.39. The first kappa shape index (κ1) is 19.2. The molecular weight excluding hydrogens is 396 g/mol. The van der Waals surface area contributed by atoms with Gasteiger partial charge in [0.15, 0.2) is 11.5 Å². The number of carbonyl (C=O) groups is 1. The summed E-state index contributed by atoms with van der Waals surface area (Å²) in [4.78, 5) is 19.2. The van der Waals surface area contributed by atoms with Crippen LogP contribution in [0, 0.1) is 0 Å². The Kier molecular flexibility index (Phi) is 4.82. The molecule has 31 heavy (non-hydrogen) atoms. The molecule has 0 spiro atoms. The first-order valence-electron chi connectivity index (χ1n) is 10.2. The average molecular weight is 418 g/mol. The van der Waals surface area contributed by atoms with Crippen LogP contribution in [0.2, 0.25) is 0 Å². The molecule has 2 aliphatic rings. The van der Waals surface area contributed by atoms with Gasteiger partial charge in [-0.2, -0.15) is 4.98 Å². The zero-order chi connectivity index (χ0) is 21.4. The van der Waals surface area contributed by atoms with Crippen molar-refractivity contribution in [3.8, 4) is 22.9 Å². The maximum absolute atomic E-state index is 12.8. The summed E-state index contributed by atoms with van der Waals surface area (Å²) in [5.41, 5.74) is 3.31. The van der Waals surface area contributed by atoms with Crippen LogP contribution in [0.15, 0.2) is 58.8 Å². The second-order valence-corrected chi connectivity index (χ2v) is 7.44. The summed E-state index contributed by atoms with van der Waals surface area (Å²) in [6.45, 7) is 4.76. The molecule has 0 radical (unpaired) electrons. The van der Waals surface area contributed by atoms with Gasteiger partial charge in [0, 0.05) is 17.8 Å². The number of carbonyl (C=O) groups excluding carboxylic acids is 1. The number of nitrogens with zero attached hydrogens (tertiary/aromatic N) is 3. The van der Waals surface area contributed by atoms with Crippen molar-refractivity contribution in [1.82, 2.24) is 20.4 Å². The summed E-state index contributed by atoms with van der Waals surface area (Å²) in [6.07, 6.45) is 0.834. The van der Waals surface area contributed by atoms with Crippen molar-refractivity contribution in [3.05, 3.63) is 65.7 Å². The van der Waals surface area contributed by atoms with Crippen LogP contribution in [0.4, 0.5) is 4.79 Å². The fourth-order valence-corrected chi connectivity index (χ4v) is 3.93. The predicted molar refractivity (Wildman–Crippen MR) is 113 cm³/mol. The normalized spacial score (nSPS) is 17.8. The lowest BCUT2D eigenvalue weighted by Crippen LogP contribution is -2.46. The van der Waals surface area contributed by atoms with E-state index in [9.17, 15) is 4.79 Å². The maximum Gasteiger partial charge on any atom is 0.322 e. The minimum absolute atomic E-state index is 0.132. The molecule has 5 rings (SSSR count). The van der Waals surface area contributed by atoms with Crippen LogP contribution in [0.5, 0.6) is 11.5 Å². The Balaban J connectivity index is 1.57. The summed E-state index contributed by atoms with van der Waals surface area (Å²) in [5.74, 6) is 2.17. The highest BCUT2D eigenvalue weighted by Gasteiger charge is 2.35. The van der Waals surface area contributed by atoms with Crippen LogP contribution in [-0.2, 0) is 0 Å². The molecule has 0 saturated carbocycles. The van der Waals surface area contributed by atoms with E-state index in [0.717, 1.165) is 28.8 Å². The van der Waals surface area contributed by atoms with Gasteiger partial charge in [-0.3, -0.25) is 4.90 Å². The second kappa shape index (κ2) is 7.79. The molecule has 1 unspecified atom stereocenters. The smallest absolute Gasteiger partial charge is 0.322 e. The number of fused-ring (bicyclic) bond motifs is 1. The fraction of sp³-hybridized carbons (Fsp3) is 0.261. The Hall–Kier alpha value is -3.81. The third-order valence-electron chi connectivity index (χ3n) is 5.46. The number of ether oxygens (including phenoxy) is 2. The first-order valence-corrected chi connectivity index (χ1v) is 10.2. The van der Waals surface area contributed by atoms with Gasteiger partial charge >= 0.3 is 6.03 Å². The van der Waals surface area contributed by atoms with Crippen molar-refractivity contribution in [2.45, 2.75) is 26.3 Å². The molecule has 158 valence electrons. The van der Waals surface area contributed by atoms with Gasteiger partial charge in [-0.15, -0.1) is 0 Å². The second-order valence-electron chi connectivity index (χ2n) is 7.44. The van der Waals surface area contributed by atoms with E-state index in [-0.39, 0.29) is 18.9 Å². The van der Waals surface area contributed by atoms with Crippen molar-refractivity contribution in [2.75, 3.05) is 13.3 Å². The van der Waals surface area contributed by atoms with Gasteiger partial charge in [0.05, 0.1) is 11.6 Å². The predicted octanol–water partition coefficient (Wildman–Crippen LogP) is 4.37. The lowest BCUT2D eigenvalue weighted by Gasteiger charge is -2.35. The molecule has 0 bridgehead atoms. The molecule has 0 fully saturated rings. The quantitative estimate of drug-likeness (QED) is 0.662. The number of benzene rings is 2. The highest BCUT2D eigenvalue weighted by atomic mass is 16.7. The van der Waals surface area contributed by atoms with Crippen LogP contribution >= 0.6 is 0 Å². The Morgan fingerprint density at radius 1 is 1.13 bits per heavy atom. The van der Waals surface area contributed by atoms with Gasteiger partial charge < -0.3 is 19.3 Å². The van der Waals surface area contributed by atoms with Crippen molar-refractivity contribution in [3.63, 3.8) is 0 Å². The molecular formula is C23H22N4O4. The van der Waals surface area contributed by atoms with Gasteiger partial charge in [-0.05, 0) is 37.1 Å². The van der Waals surface area contributed by atoms with Crippen molar-refractivity contribution in [2.24, 2.45) is 0 Å². The average Bonchev–Trinajstić information content (AvgIpc) is 3.46. The molecule has 3 heterocycles. The van der Waals surface area contributed by atoms with Gasteiger partial charge in [0.1, 0.15) is 0 Å². The van der Waals surface area contributed by atoms with E-state index in [4.69, 9.17) is 14.0 Å². The Morgan fingerprint density at radius 3 is 2.74 bits per heavy atom. The summed E-state index contributed by atoms with van der Waals surface area (Å²) in [7, 11) is 0. The summed E-state index contributed by atoms with van der Waals surface area (Å²) >= 11 is 0. The summed E-state index contributed by atoms with van der Waals surface area (Å²) in [6, 6.07) is 14.8. The summed E-state index contributed by atoms with van der Waals surface area (Å²) < 4.78 is 16.5. The number of urea groups is 1. The SMILES string of the molecule is CCCN1C(=O)NC(c2ccccc2)C(c2nc(-c3ccc4c(c3)OCO4)no2)=C1C. The Bertz CT molecular complexity index is 1160. The molecule has 8 heteroatoms. The number of allylic oxidation sites excluding steroid dienone is 1. The Morgan fingerprint density at radius 2 is 1.94 bits per heavy atom. The van der Waals surface area contributed by atoms with Gasteiger partial charge in [0.25, 0.3) is 5.89 Å². The highest BCUT2D eigenvalue weighted by Crippen LogP contribution is 2.39. The van der Waals surface area contributed by atoms with E-state index >= 15 is 0 Å². The lowest BCUT2D eigenvalue weighted by atomic mass is 9.94. The number of hydrogen-bond acceptors (Lipinski definition) is 6. The maximum atomic E-state index is 12.8. The van der Waals surface area contributed by atoms with Gasteiger partial charge in [-0.1, -0.05) is 42.4 Å². The van der Waals surface area contributed by atoms with E-state index in [1.165, 1.54) is 0 Å². The molecule has 0 aliphatic carbocycles. The number of nitrogens with one attached hydrogen (secondary N) is 1. The van der Waals surface area contributed by atoms with E-state index in [1.54, 1.807) is 4.90 Å². The van der Waals surface area contributed by atoms with Crippen molar-refractivity contribution >= 4 is 11.6 Å². The fourth-order valence-electron chi connectivity index (χ4n) is 3.93. The van der Waals surface area contributed by atoms with Crippen LogP contribution < -0.4 is 14.8 Å². The molecule has 1 aromatic heterocycles. The minimum atomic E-state index is -0.383. The number of rotatable bonds is 5. The number of amides is 2. The van der Waals surface area contributed by atoms with Crippen molar-refractivity contribution in [1.29, 1.82) is 0 Å². The molecule has 2 aliphatic heterocycles. The zero-order valence-electron chi connectivity index (χ0n) is 17.3.